The smallest absolute Gasteiger partial charge is 0.224 e. The molecule has 0 aliphatic heterocycles. The predicted molar refractivity (Wildman–Crippen MR) is 62.1 cm³/mol. The van der Waals surface area contributed by atoms with Crippen molar-refractivity contribution in [1.29, 1.82) is 0 Å². The van der Waals surface area contributed by atoms with E-state index in [9.17, 15) is 0 Å². The van der Waals surface area contributed by atoms with Crippen molar-refractivity contribution in [2.24, 2.45) is 13.0 Å². The molecule has 1 fully saturated rings. The van der Waals surface area contributed by atoms with Crippen LogP contribution in [0.4, 0.5) is 5.95 Å². The molecule has 1 N–H and O–H groups in total. The van der Waals surface area contributed by atoms with Crippen molar-refractivity contribution in [3.63, 3.8) is 0 Å². The predicted octanol–water partition coefficient (Wildman–Crippen LogP) is 1.58. The fraction of sp³-hybridized carbons (Fsp3) is 0.545. The van der Waals surface area contributed by atoms with Crippen LogP contribution in [0.5, 0.6) is 0 Å². The van der Waals surface area contributed by atoms with Crippen LogP contribution >= 0.6 is 0 Å². The summed E-state index contributed by atoms with van der Waals surface area (Å²) in [6.45, 7) is 0.989. The molecule has 2 aromatic rings. The lowest BCUT2D eigenvalue weighted by atomic mass is 9.85. The maximum atomic E-state index is 4.44. The van der Waals surface area contributed by atoms with Gasteiger partial charge in [-0.3, -0.25) is 0 Å². The molecule has 0 radical (unpaired) electrons. The number of anilines is 1. The van der Waals surface area contributed by atoms with E-state index in [4.69, 9.17) is 0 Å². The van der Waals surface area contributed by atoms with E-state index in [0.29, 0.717) is 5.95 Å². The average molecular weight is 217 g/mol. The van der Waals surface area contributed by atoms with Gasteiger partial charge >= 0.3 is 0 Å². The second-order valence-electron chi connectivity index (χ2n) is 4.44. The summed E-state index contributed by atoms with van der Waals surface area (Å²) in [7, 11) is 1.94. The van der Waals surface area contributed by atoms with Gasteiger partial charge in [0.1, 0.15) is 5.52 Å². The highest BCUT2D eigenvalue weighted by Crippen LogP contribution is 2.26. The Morgan fingerprint density at radius 1 is 1.44 bits per heavy atom. The number of rotatable bonds is 3. The van der Waals surface area contributed by atoms with Gasteiger partial charge in [0.05, 0.1) is 12.5 Å². The Balaban J connectivity index is 1.78. The number of aromatic nitrogens is 4. The molecule has 5 heteroatoms. The van der Waals surface area contributed by atoms with E-state index in [1.807, 2.05) is 11.6 Å². The fourth-order valence-electron chi connectivity index (χ4n) is 1.94. The van der Waals surface area contributed by atoms with Crippen LogP contribution in [0, 0.1) is 5.92 Å². The maximum Gasteiger partial charge on any atom is 0.224 e. The molecule has 3 rings (SSSR count). The highest BCUT2D eigenvalue weighted by atomic mass is 15.2. The summed E-state index contributed by atoms with van der Waals surface area (Å²) >= 11 is 0. The zero-order valence-corrected chi connectivity index (χ0v) is 9.35. The van der Waals surface area contributed by atoms with Crippen LogP contribution in [-0.2, 0) is 7.05 Å². The van der Waals surface area contributed by atoms with Crippen molar-refractivity contribution in [3.8, 4) is 0 Å². The average Bonchev–Trinajstić information content (AvgIpc) is 2.58. The van der Waals surface area contributed by atoms with E-state index in [1.54, 1.807) is 12.5 Å². The van der Waals surface area contributed by atoms with Crippen LogP contribution in [0.2, 0.25) is 0 Å². The molecule has 84 valence electrons. The number of aryl methyl sites for hydroxylation is 1. The Kier molecular flexibility index (Phi) is 2.23. The van der Waals surface area contributed by atoms with Crippen LogP contribution in [0.15, 0.2) is 12.5 Å². The van der Waals surface area contributed by atoms with Crippen molar-refractivity contribution in [2.75, 3.05) is 11.9 Å². The zero-order chi connectivity index (χ0) is 11.0. The Bertz CT molecular complexity index is 500. The van der Waals surface area contributed by atoms with Gasteiger partial charge in [-0.2, -0.15) is 4.98 Å². The third-order valence-electron chi connectivity index (χ3n) is 3.23. The Hall–Kier alpha value is -1.65. The largest absolute Gasteiger partial charge is 0.354 e. The highest BCUT2D eigenvalue weighted by molar-refractivity contribution is 5.70. The number of nitrogens with zero attached hydrogens (tertiary/aromatic N) is 4. The van der Waals surface area contributed by atoms with Gasteiger partial charge in [-0.25, -0.2) is 9.97 Å². The van der Waals surface area contributed by atoms with Gasteiger partial charge in [0, 0.05) is 13.6 Å². The summed E-state index contributed by atoms with van der Waals surface area (Å²) in [6, 6.07) is 0. The second kappa shape index (κ2) is 3.73. The van der Waals surface area contributed by atoms with Crippen molar-refractivity contribution in [1.82, 2.24) is 19.5 Å². The molecule has 0 saturated heterocycles. The number of hydrogen-bond donors (Lipinski definition) is 1. The number of hydrogen-bond acceptors (Lipinski definition) is 4. The third-order valence-corrected chi connectivity index (χ3v) is 3.23. The minimum Gasteiger partial charge on any atom is -0.354 e. The Labute approximate surface area is 93.9 Å². The monoisotopic (exact) mass is 217 g/mol. The number of fused-ring (bicyclic) bond motifs is 1. The van der Waals surface area contributed by atoms with E-state index >= 15 is 0 Å². The van der Waals surface area contributed by atoms with Crippen molar-refractivity contribution >= 4 is 17.1 Å². The normalized spacial score (nSPS) is 16.3. The van der Waals surface area contributed by atoms with E-state index in [1.165, 1.54) is 19.3 Å². The molecule has 0 atom stereocenters. The minimum absolute atomic E-state index is 0.711. The first-order chi connectivity index (χ1) is 7.83. The van der Waals surface area contributed by atoms with Crippen molar-refractivity contribution < 1.29 is 0 Å². The van der Waals surface area contributed by atoms with E-state index in [-0.39, 0.29) is 0 Å². The van der Waals surface area contributed by atoms with Crippen LogP contribution in [0.25, 0.3) is 11.2 Å². The van der Waals surface area contributed by atoms with E-state index in [0.717, 1.165) is 23.6 Å². The molecule has 1 saturated carbocycles. The molecule has 0 unspecified atom stereocenters. The maximum absolute atomic E-state index is 4.44. The standard InChI is InChI=1S/C11H15N5/c1-16-7-14-9-6-13-11(15-10(9)16)12-5-8-3-2-4-8/h6-8H,2-5H2,1H3,(H,12,13,15). The molecular weight excluding hydrogens is 202 g/mol. The van der Waals surface area contributed by atoms with E-state index < -0.39 is 0 Å². The van der Waals surface area contributed by atoms with Gasteiger partial charge in [-0.15, -0.1) is 0 Å². The topological polar surface area (TPSA) is 55.6 Å². The first-order valence-electron chi connectivity index (χ1n) is 5.71. The number of nitrogens with one attached hydrogen (secondary N) is 1. The lowest BCUT2D eigenvalue weighted by Crippen LogP contribution is -2.21. The van der Waals surface area contributed by atoms with E-state index in [2.05, 4.69) is 20.3 Å². The van der Waals surface area contributed by atoms with Crippen LogP contribution < -0.4 is 5.32 Å². The van der Waals surface area contributed by atoms with Crippen LogP contribution in [-0.4, -0.2) is 26.1 Å². The quantitative estimate of drug-likeness (QED) is 0.848. The lowest BCUT2D eigenvalue weighted by Gasteiger charge is -2.25. The Morgan fingerprint density at radius 3 is 3.06 bits per heavy atom. The second-order valence-corrected chi connectivity index (χ2v) is 4.44. The summed E-state index contributed by atoms with van der Waals surface area (Å²) in [5.74, 6) is 1.52. The van der Waals surface area contributed by atoms with Crippen molar-refractivity contribution in [3.05, 3.63) is 12.5 Å². The molecule has 2 aromatic heterocycles. The third kappa shape index (κ3) is 1.62. The van der Waals surface area contributed by atoms with Crippen LogP contribution in [0.1, 0.15) is 19.3 Å². The number of imidazole rings is 1. The summed E-state index contributed by atoms with van der Waals surface area (Å²) in [4.78, 5) is 12.9. The summed E-state index contributed by atoms with van der Waals surface area (Å²) in [6.07, 6.45) is 7.57. The molecule has 5 nitrogen and oxygen atoms in total. The molecule has 0 spiro atoms. The van der Waals surface area contributed by atoms with Gasteiger partial charge in [0.25, 0.3) is 0 Å². The minimum atomic E-state index is 0.711. The molecule has 1 aliphatic rings. The molecule has 2 heterocycles. The molecule has 16 heavy (non-hydrogen) atoms. The van der Waals surface area contributed by atoms with Gasteiger partial charge in [0.15, 0.2) is 5.65 Å². The van der Waals surface area contributed by atoms with Crippen LogP contribution in [0.3, 0.4) is 0 Å². The SMILES string of the molecule is Cn1cnc2cnc(NCC3CCC3)nc21. The van der Waals surface area contributed by atoms with Gasteiger partial charge < -0.3 is 9.88 Å². The van der Waals surface area contributed by atoms with Gasteiger partial charge in [0.2, 0.25) is 5.95 Å². The molecule has 0 bridgehead atoms. The molecule has 0 aromatic carbocycles. The van der Waals surface area contributed by atoms with Gasteiger partial charge in [-0.05, 0) is 18.8 Å². The molecule has 0 amide bonds. The lowest BCUT2D eigenvalue weighted by molar-refractivity contribution is 0.333. The first-order valence-corrected chi connectivity index (χ1v) is 5.71. The summed E-state index contributed by atoms with van der Waals surface area (Å²) in [5.41, 5.74) is 1.72. The highest BCUT2D eigenvalue weighted by Gasteiger charge is 2.17. The fourth-order valence-corrected chi connectivity index (χ4v) is 1.94. The summed E-state index contributed by atoms with van der Waals surface area (Å²) < 4.78 is 1.91. The van der Waals surface area contributed by atoms with Crippen molar-refractivity contribution in [2.45, 2.75) is 19.3 Å². The summed E-state index contributed by atoms with van der Waals surface area (Å²) in [5, 5.41) is 3.29. The molecular formula is C11H15N5. The zero-order valence-electron chi connectivity index (χ0n) is 9.35. The molecule has 1 aliphatic carbocycles. The Morgan fingerprint density at radius 2 is 2.31 bits per heavy atom. The van der Waals surface area contributed by atoms with Gasteiger partial charge in [-0.1, -0.05) is 6.42 Å². The first kappa shape index (κ1) is 9.57.